The molecule has 9 nitrogen and oxygen atoms in total. The average Bonchev–Trinajstić information content (AvgIpc) is 2.86. The number of nitrogens with zero attached hydrogens (tertiary/aromatic N) is 4. The van der Waals surface area contributed by atoms with E-state index in [9.17, 15) is 9.59 Å². The molecule has 1 atom stereocenters. The van der Waals surface area contributed by atoms with E-state index in [1.54, 1.807) is 19.5 Å². The first-order chi connectivity index (χ1) is 16.9. The highest BCUT2D eigenvalue weighted by molar-refractivity contribution is 6.27. The van der Waals surface area contributed by atoms with Gasteiger partial charge in [-0.25, -0.2) is 9.97 Å². The lowest BCUT2D eigenvalue weighted by molar-refractivity contribution is -0.129. The Kier molecular flexibility index (Phi) is 7.95. The molecule has 0 bridgehead atoms. The summed E-state index contributed by atoms with van der Waals surface area (Å²) >= 11 is 0. The maximum Gasteiger partial charge on any atom is 0.265 e. The van der Waals surface area contributed by atoms with Crippen molar-refractivity contribution in [3.63, 3.8) is 0 Å². The summed E-state index contributed by atoms with van der Waals surface area (Å²) in [5, 5.41) is 3.57. The van der Waals surface area contributed by atoms with Gasteiger partial charge >= 0.3 is 0 Å². The summed E-state index contributed by atoms with van der Waals surface area (Å²) in [6.45, 7) is 4.93. The van der Waals surface area contributed by atoms with E-state index in [4.69, 9.17) is 9.47 Å². The van der Waals surface area contributed by atoms with Gasteiger partial charge in [-0.05, 0) is 64.0 Å². The molecule has 9 heteroatoms. The monoisotopic (exact) mass is 481 g/mol. The lowest BCUT2D eigenvalue weighted by Gasteiger charge is -2.45. The van der Waals surface area contributed by atoms with Gasteiger partial charge in [0, 0.05) is 19.0 Å². The Hall–Kier alpha value is -3.07. The van der Waals surface area contributed by atoms with E-state index in [0.29, 0.717) is 36.5 Å². The van der Waals surface area contributed by atoms with E-state index in [2.05, 4.69) is 27.2 Å². The number of Topliss-reactive ketones (excluding diaryl/α,β-unsaturated/α-hetero) is 1. The van der Waals surface area contributed by atoms with Crippen molar-refractivity contribution >= 4 is 17.9 Å². The van der Waals surface area contributed by atoms with Gasteiger partial charge < -0.3 is 19.7 Å². The van der Waals surface area contributed by atoms with Crippen LogP contribution in [0.25, 0.3) is 0 Å². The second-order valence-corrected chi connectivity index (χ2v) is 9.80. The average molecular weight is 482 g/mol. The first kappa shape index (κ1) is 25.0. The summed E-state index contributed by atoms with van der Waals surface area (Å²) in [6.07, 6.45) is 14.7. The van der Waals surface area contributed by atoms with Crippen LogP contribution in [0.2, 0.25) is 0 Å². The molecule has 2 heterocycles. The zero-order valence-corrected chi connectivity index (χ0v) is 20.8. The number of ether oxygens (including phenoxy) is 2. The van der Waals surface area contributed by atoms with Gasteiger partial charge in [0.05, 0.1) is 49.3 Å². The third kappa shape index (κ3) is 6.14. The maximum absolute atomic E-state index is 12.7. The standard InChI is InChI=1S/C26H35N5O4/c1-18(32)17-35-22-13-29-24(30-14-22)15-27-20-6-4-19(5-7-20)10-11-31-25(33)16-28-23-9-8-21(34-3)12-26(23,31)2/h8-9,13-14,16,19-20,27H,4-7,10-12,15,17H2,1-3H3. The molecular formula is C26H35N5O4. The molecule has 1 aromatic heterocycles. The molecule has 4 rings (SSSR count). The first-order valence-corrected chi connectivity index (χ1v) is 12.3. The van der Waals surface area contributed by atoms with Gasteiger partial charge in [-0.3, -0.25) is 14.6 Å². The highest BCUT2D eigenvalue weighted by Gasteiger charge is 2.43. The molecule has 1 N–H and O–H groups in total. The molecule has 2 aliphatic carbocycles. The number of nitrogens with one attached hydrogen (secondary N) is 1. The maximum atomic E-state index is 12.7. The molecule has 0 spiro atoms. The number of hydrogen-bond acceptors (Lipinski definition) is 8. The molecular weight excluding hydrogens is 446 g/mol. The van der Waals surface area contributed by atoms with Crippen molar-refractivity contribution in [3.05, 3.63) is 41.8 Å². The Morgan fingerprint density at radius 1 is 1.20 bits per heavy atom. The molecule has 0 saturated heterocycles. The number of carbonyl (C=O) groups is 2. The van der Waals surface area contributed by atoms with Gasteiger partial charge in [0.15, 0.2) is 11.5 Å². The number of fused-ring (bicyclic) bond motifs is 1. The van der Waals surface area contributed by atoms with Crippen LogP contribution >= 0.6 is 0 Å². The van der Waals surface area contributed by atoms with E-state index in [1.807, 2.05) is 17.1 Å². The fraction of sp³-hybridized carbons (Fsp3) is 0.577. The summed E-state index contributed by atoms with van der Waals surface area (Å²) in [5.41, 5.74) is 0.476. The van der Waals surface area contributed by atoms with Crippen LogP contribution in [0.4, 0.5) is 0 Å². The van der Waals surface area contributed by atoms with E-state index in [0.717, 1.165) is 50.1 Å². The molecule has 188 valence electrons. The van der Waals surface area contributed by atoms with Gasteiger partial charge in [0.2, 0.25) is 0 Å². The number of aromatic nitrogens is 2. The molecule has 0 aromatic carbocycles. The van der Waals surface area contributed by atoms with Gasteiger partial charge in [0.1, 0.15) is 12.4 Å². The fourth-order valence-electron chi connectivity index (χ4n) is 5.09. The Balaban J connectivity index is 1.21. The van der Waals surface area contributed by atoms with Gasteiger partial charge in [-0.15, -0.1) is 0 Å². The number of aliphatic imine (C=N–C) groups is 1. The molecule has 1 unspecified atom stereocenters. The van der Waals surface area contributed by atoms with Crippen molar-refractivity contribution in [2.75, 3.05) is 20.3 Å². The zero-order chi connectivity index (χ0) is 24.8. The molecule has 1 fully saturated rings. The second kappa shape index (κ2) is 11.1. The van der Waals surface area contributed by atoms with E-state index in [1.165, 1.54) is 13.1 Å². The molecule has 0 radical (unpaired) electrons. The van der Waals surface area contributed by atoms with Crippen LogP contribution in [-0.2, 0) is 20.9 Å². The van der Waals surface area contributed by atoms with Crippen molar-refractivity contribution < 1.29 is 19.1 Å². The number of methoxy groups -OCH3 is 1. The van der Waals surface area contributed by atoms with Crippen LogP contribution < -0.4 is 10.1 Å². The van der Waals surface area contributed by atoms with Crippen molar-refractivity contribution in [2.24, 2.45) is 10.9 Å². The first-order valence-electron chi connectivity index (χ1n) is 12.3. The Morgan fingerprint density at radius 3 is 2.63 bits per heavy atom. The number of allylic oxidation sites excluding steroid dienone is 2. The number of rotatable bonds is 10. The molecule has 1 aromatic rings. The van der Waals surface area contributed by atoms with Crippen LogP contribution in [0.1, 0.15) is 58.2 Å². The fourth-order valence-corrected chi connectivity index (χ4v) is 5.09. The number of carbonyl (C=O) groups excluding carboxylic acids is 2. The quantitative estimate of drug-likeness (QED) is 0.548. The Labute approximate surface area is 206 Å². The van der Waals surface area contributed by atoms with Crippen molar-refractivity contribution in [3.8, 4) is 5.75 Å². The summed E-state index contributed by atoms with van der Waals surface area (Å²) < 4.78 is 10.8. The van der Waals surface area contributed by atoms with Gasteiger partial charge in [0.25, 0.3) is 5.91 Å². The molecule has 1 amide bonds. The lowest BCUT2D eigenvalue weighted by atomic mass is 9.82. The van der Waals surface area contributed by atoms with E-state index >= 15 is 0 Å². The summed E-state index contributed by atoms with van der Waals surface area (Å²) in [4.78, 5) is 38.7. The minimum absolute atomic E-state index is 0.0185. The number of hydrogen-bond donors (Lipinski definition) is 1. The van der Waals surface area contributed by atoms with Crippen LogP contribution in [0.5, 0.6) is 5.75 Å². The normalized spacial score (nSPS) is 26.0. The SMILES string of the molecule is COC1=CC=C2N=CC(=O)N(CCC3CCC(NCc4ncc(OCC(C)=O)cn4)CC3)C2(C)C1. The topological polar surface area (TPSA) is 106 Å². The van der Waals surface area contributed by atoms with Gasteiger partial charge in [-0.1, -0.05) is 0 Å². The van der Waals surface area contributed by atoms with Crippen molar-refractivity contribution in [1.82, 2.24) is 20.2 Å². The molecule has 3 aliphatic rings. The Bertz CT molecular complexity index is 1010. The zero-order valence-electron chi connectivity index (χ0n) is 20.8. The summed E-state index contributed by atoms with van der Waals surface area (Å²) in [7, 11) is 1.67. The summed E-state index contributed by atoms with van der Waals surface area (Å²) in [5.74, 6) is 2.63. The van der Waals surface area contributed by atoms with Crippen LogP contribution in [0.15, 0.2) is 41.0 Å². The summed E-state index contributed by atoms with van der Waals surface area (Å²) in [6, 6.07) is 0.437. The van der Waals surface area contributed by atoms with E-state index < -0.39 is 5.54 Å². The predicted molar refractivity (Wildman–Crippen MR) is 132 cm³/mol. The highest BCUT2D eigenvalue weighted by atomic mass is 16.5. The highest BCUT2D eigenvalue weighted by Crippen LogP contribution is 2.38. The van der Waals surface area contributed by atoms with Crippen molar-refractivity contribution in [1.29, 1.82) is 0 Å². The van der Waals surface area contributed by atoms with Crippen LogP contribution in [0, 0.1) is 5.92 Å². The number of ketones is 1. The smallest absolute Gasteiger partial charge is 0.265 e. The van der Waals surface area contributed by atoms with Crippen LogP contribution in [-0.4, -0.2) is 64.6 Å². The molecule has 35 heavy (non-hydrogen) atoms. The molecule has 1 aliphatic heterocycles. The lowest BCUT2D eigenvalue weighted by Crippen LogP contribution is -2.55. The minimum atomic E-state index is -0.447. The third-order valence-corrected chi connectivity index (χ3v) is 7.22. The van der Waals surface area contributed by atoms with Gasteiger partial charge in [-0.2, -0.15) is 0 Å². The minimum Gasteiger partial charge on any atom is -0.501 e. The second-order valence-electron chi connectivity index (χ2n) is 9.80. The van der Waals surface area contributed by atoms with E-state index in [-0.39, 0.29) is 18.3 Å². The van der Waals surface area contributed by atoms with Crippen molar-refractivity contribution in [2.45, 2.75) is 70.5 Å². The van der Waals surface area contributed by atoms with Crippen LogP contribution in [0.3, 0.4) is 0 Å². The molecule has 1 saturated carbocycles. The number of amides is 1. The predicted octanol–water partition coefficient (Wildman–Crippen LogP) is 2.97. The Morgan fingerprint density at radius 2 is 1.94 bits per heavy atom. The third-order valence-electron chi connectivity index (χ3n) is 7.22. The largest absolute Gasteiger partial charge is 0.501 e.